The zero-order valence-electron chi connectivity index (χ0n) is 10.7. The van der Waals surface area contributed by atoms with E-state index < -0.39 is 0 Å². The first kappa shape index (κ1) is 15.0. The second-order valence-electron chi connectivity index (χ2n) is 4.22. The molecule has 1 heterocycles. The summed E-state index contributed by atoms with van der Waals surface area (Å²) in [6, 6.07) is 8.98. The highest BCUT2D eigenvalue weighted by atomic mass is 79.9. The highest BCUT2D eigenvalue weighted by molar-refractivity contribution is 9.11. The van der Waals surface area contributed by atoms with Crippen LogP contribution in [-0.4, -0.2) is 11.0 Å². The summed E-state index contributed by atoms with van der Waals surface area (Å²) in [6.07, 6.45) is 3.41. The molecule has 0 fully saturated rings. The van der Waals surface area contributed by atoms with Gasteiger partial charge in [0.05, 0.1) is 11.7 Å². The molecule has 1 aromatic heterocycles. The van der Waals surface area contributed by atoms with Crippen LogP contribution in [0, 0.1) is 0 Å². The van der Waals surface area contributed by atoms with Gasteiger partial charge < -0.3 is 10.6 Å². The van der Waals surface area contributed by atoms with Crippen LogP contribution < -0.4 is 10.6 Å². The molecular weight excluding hydrogens is 386 g/mol. The molecule has 2 amide bonds. The molecule has 0 aliphatic rings. The average molecular weight is 399 g/mol. The van der Waals surface area contributed by atoms with Gasteiger partial charge in [0, 0.05) is 21.3 Å². The van der Waals surface area contributed by atoms with E-state index in [1.807, 2.05) is 37.3 Å². The van der Waals surface area contributed by atoms with Gasteiger partial charge >= 0.3 is 6.03 Å². The Hall–Kier alpha value is -1.40. The summed E-state index contributed by atoms with van der Waals surface area (Å²) in [4.78, 5) is 15.9. The normalized spacial score (nSPS) is 11.8. The first-order chi connectivity index (χ1) is 9.56. The van der Waals surface area contributed by atoms with Crippen molar-refractivity contribution in [3.05, 3.63) is 57.2 Å². The lowest BCUT2D eigenvalue weighted by molar-refractivity contribution is 0.249. The number of benzene rings is 1. The van der Waals surface area contributed by atoms with Gasteiger partial charge in [-0.3, -0.25) is 4.98 Å². The first-order valence-electron chi connectivity index (χ1n) is 5.99. The van der Waals surface area contributed by atoms with Crippen LogP contribution in [0.5, 0.6) is 0 Å². The quantitative estimate of drug-likeness (QED) is 0.800. The smallest absolute Gasteiger partial charge is 0.319 e. The summed E-state index contributed by atoms with van der Waals surface area (Å²) in [5.41, 5.74) is 1.72. The molecule has 0 aliphatic carbocycles. The number of halogens is 2. The number of hydrogen-bond acceptors (Lipinski definition) is 2. The monoisotopic (exact) mass is 397 g/mol. The molecule has 20 heavy (non-hydrogen) atoms. The molecule has 0 saturated carbocycles. The molecule has 6 heteroatoms. The molecule has 2 rings (SSSR count). The summed E-state index contributed by atoms with van der Waals surface area (Å²) in [7, 11) is 0. The third-order valence-corrected chi connectivity index (χ3v) is 3.88. The molecule has 4 nitrogen and oxygen atoms in total. The Labute approximate surface area is 134 Å². The minimum atomic E-state index is -0.252. The van der Waals surface area contributed by atoms with Crippen LogP contribution in [0.15, 0.2) is 51.7 Å². The number of hydrogen-bond donors (Lipinski definition) is 2. The van der Waals surface area contributed by atoms with E-state index in [1.165, 1.54) is 0 Å². The van der Waals surface area contributed by atoms with E-state index in [0.717, 1.165) is 14.5 Å². The Morgan fingerprint density at radius 3 is 2.55 bits per heavy atom. The molecule has 2 aromatic rings. The number of urea groups is 1. The van der Waals surface area contributed by atoms with Crippen molar-refractivity contribution in [2.45, 2.75) is 13.0 Å². The van der Waals surface area contributed by atoms with Crippen LogP contribution in [-0.2, 0) is 0 Å². The van der Waals surface area contributed by atoms with Crippen LogP contribution in [0.3, 0.4) is 0 Å². The van der Waals surface area contributed by atoms with Crippen LogP contribution in [0.25, 0.3) is 0 Å². The number of nitrogens with one attached hydrogen (secondary N) is 2. The fourth-order valence-corrected chi connectivity index (χ4v) is 2.83. The Morgan fingerprint density at radius 1 is 1.20 bits per heavy atom. The second kappa shape index (κ2) is 6.85. The van der Waals surface area contributed by atoms with Gasteiger partial charge in [0.15, 0.2) is 0 Å². The van der Waals surface area contributed by atoms with E-state index in [-0.39, 0.29) is 12.1 Å². The first-order valence-corrected chi connectivity index (χ1v) is 7.57. The highest BCUT2D eigenvalue weighted by Crippen LogP contribution is 2.26. The predicted molar refractivity (Wildman–Crippen MR) is 86.6 cm³/mol. The molecule has 1 atom stereocenters. The zero-order valence-corrected chi connectivity index (χ0v) is 13.9. The SMILES string of the molecule is C[C@@H](NC(=O)Nc1ccc(Br)cc1Br)c1ccncc1. The molecule has 0 saturated heterocycles. The van der Waals surface area contributed by atoms with E-state index in [9.17, 15) is 4.79 Å². The third kappa shape index (κ3) is 4.05. The van der Waals surface area contributed by atoms with Crippen molar-refractivity contribution in [3.8, 4) is 0 Å². The Bertz CT molecular complexity index is 605. The summed E-state index contributed by atoms with van der Waals surface area (Å²) >= 11 is 6.78. The van der Waals surface area contributed by atoms with Gasteiger partial charge in [-0.15, -0.1) is 0 Å². The molecule has 0 unspecified atom stereocenters. The maximum Gasteiger partial charge on any atom is 0.319 e. The van der Waals surface area contributed by atoms with Gasteiger partial charge in [-0.2, -0.15) is 0 Å². The number of carbonyl (C=O) groups is 1. The average Bonchev–Trinajstić information content (AvgIpc) is 2.43. The topological polar surface area (TPSA) is 54.0 Å². The van der Waals surface area contributed by atoms with Gasteiger partial charge in [-0.1, -0.05) is 15.9 Å². The summed E-state index contributed by atoms with van der Waals surface area (Å²) in [5, 5.41) is 5.68. The number of aromatic nitrogens is 1. The van der Waals surface area contributed by atoms with Crippen LogP contribution >= 0.6 is 31.9 Å². The summed E-state index contributed by atoms with van der Waals surface area (Å²) in [5.74, 6) is 0. The predicted octanol–water partition coefficient (Wildman–Crippen LogP) is 4.49. The summed E-state index contributed by atoms with van der Waals surface area (Å²) in [6.45, 7) is 1.92. The summed E-state index contributed by atoms with van der Waals surface area (Å²) < 4.78 is 1.76. The molecule has 0 aliphatic heterocycles. The molecule has 104 valence electrons. The lowest BCUT2D eigenvalue weighted by Crippen LogP contribution is -2.31. The van der Waals surface area contributed by atoms with Crippen molar-refractivity contribution >= 4 is 43.6 Å². The molecule has 0 radical (unpaired) electrons. The number of rotatable bonds is 3. The maximum absolute atomic E-state index is 12.0. The molecule has 2 N–H and O–H groups in total. The third-order valence-electron chi connectivity index (χ3n) is 2.73. The van der Waals surface area contributed by atoms with Crippen LogP contribution in [0.4, 0.5) is 10.5 Å². The lowest BCUT2D eigenvalue weighted by atomic mass is 10.1. The maximum atomic E-state index is 12.0. The second-order valence-corrected chi connectivity index (χ2v) is 5.99. The molecule has 1 aromatic carbocycles. The van der Waals surface area contributed by atoms with Crippen molar-refractivity contribution in [1.29, 1.82) is 0 Å². The zero-order chi connectivity index (χ0) is 14.5. The minimum absolute atomic E-state index is 0.0905. The Kier molecular flexibility index (Phi) is 5.14. The number of pyridine rings is 1. The van der Waals surface area contributed by atoms with Gasteiger partial charge in [-0.25, -0.2) is 4.79 Å². The van der Waals surface area contributed by atoms with E-state index in [1.54, 1.807) is 12.4 Å². The van der Waals surface area contributed by atoms with Crippen molar-refractivity contribution in [1.82, 2.24) is 10.3 Å². The molecule has 0 bridgehead atoms. The van der Waals surface area contributed by atoms with E-state index in [4.69, 9.17) is 0 Å². The van der Waals surface area contributed by atoms with Gasteiger partial charge in [0.25, 0.3) is 0 Å². The van der Waals surface area contributed by atoms with Crippen molar-refractivity contribution in [2.24, 2.45) is 0 Å². The number of carbonyl (C=O) groups excluding carboxylic acids is 1. The number of anilines is 1. The van der Waals surface area contributed by atoms with Gasteiger partial charge in [0.2, 0.25) is 0 Å². The van der Waals surface area contributed by atoms with Crippen molar-refractivity contribution in [3.63, 3.8) is 0 Å². The Morgan fingerprint density at radius 2 is 1.90 bits per heavy atom. The van der Waals surface area contributed by atoms with Crippen LogP contribution in [0.1, 0.15) is 18.5 Å². The lowest BCUT2D eigenvalue weighted by Gasteiger charge is -2.15. The van der Waals surface area contributed by atoms with Crippen LogP contribution in [0.2, 0.25) is 0 Å². The van der Waals surface area contributed by atoms with Gasteiger partial charge in [-0.05, 0) is 58.7 Å². The van der Waals surface area contributed by atoms with Crippen molar-refractivity contribution in [2.75, 3.05) is 5.32 Å². The highest BCUT2D eigenvalue weighted by Gasteiger charge is 2.10. The fourth-order valence-electron chi connectivity index (χ4n) is 1.68. The minimum Gasteiger partial charge on any atom is -0.331 e. The molecular formula is C14H13Br2N3O. The molecule has 0 spiro atoms. The number of amides is 2. The number of nitrogens with zero attached hydrogens (tertiary/aromatic N) is 1. The Balaban J connectivity index is 1.99. The van der Waals surface area contributed by atoms with Crippen molar-refractivity contribution < 1.29 is 4.79 Å². The standard InChI is InChI=1S/C14H13Br2N3O/c1-9(10-4-6-17-7-5-10)18-14(20)19-13-3-2-11(15)8-12(13)16/h2-9H,1H3,(H2,18,19,20)/t9-/m1/s1. The van der Waals surface area contributed by atoms with Gasteiger partial charge in [0.1, 0.15) is 0 Å². The van der Waals surface area contributed by atoms with E-state index >= 15 is 0 Å². The fraction of sp³-hybridized carbons (Fsp3) is 0.143. The van der Waals surface area contributed by atoms with E-state index in [2.05, 4.69) is 47.5 Å². The van der Waals surface area contributed by atoms with E-state index in [0.29, 0.717) is 5.69 Å². The largest absolute Gasteiger partial charge is 0.331 e.